The summed E-state index contributed by atoms with van der Waals surface area (Å²) in [6.45, 7) is 11.4. The lowest BCUT2D eigenvalue weighted by Crippen LogP contribution is -2.18. The fraction of sp³-hybridized carbons (Fsp3) is 0.333. The van der Waals surface area contributed by atoms with Gasteiger partial charge in [0, 0.05) is 42.8 Å². The molecule has 0 amide bonds. The predicted octanol–water partition coefficient (Wildman–Crippen LogP) is 4.97. The Balaban J connectivity index is 1.83. The number of nitrogens with zero attached hydrogens (tertiary/aromatic N) is 2. The van der Waals surface area contributed by atoms with Crippen LogP contribution in [-0.4, -0.2) is 35.7 Å². The Labute approximate surface area is 216 Å². The van der Waals surface area contributed by atoms with Crippen molar-refractivity contribution in [3.05, 3.63) is 70.9 Å². The van der Waals surface area contributed by atoms with Crippen molar-refractivity contribution in [1.29, 1.82) is 0 Å². The van der Waals surface area contributed by atoms with Crippen molar-refractivity contribution in [2.24, 2.45) is 17.9 Å². The van der Waals surface area contributed by atoms with Crippen LogP contribution in [0.4, 0.5) is 0 Å². The molecule has 192 valence electrons. The molecule has 1 heterocycles. The van der Waals surface area contributed by atoms with E-state index in [1.807, 2.05) is 43.7 Å². The molecule has 0 radical (unpaired) electrons. The first-order valence-corrected chi connectivity index (χ1v) is 12.2. The molecule has 3 aromatic rings. The van der Waals surface area contributed by atoms with E-state index in [0.29, 0.717) is 48.1 Å². The molecule has 0 saturated heterocycles. The summed E-state index contributed by atoms with van der Waals surface area (Å²) in [6.07, 6.45) is 2.37. The summed E-state index contributed by atoms with van der Waals surface area (Å²) in [6, 6.07) is 11.2. The van der Waals surface area contributed by atoms with Gasteiger partial charge in [0.25, 0.3) is 0 Å². The average Bonchev–Trinajstić information content (AvgIpc) is 3.17. The number of nitrogens with one attached hydrogen (secondary N) is 1. The number of carbonyl (C=O) groups excluding carboxylic acids is 1. The molecule has 0 spiro atoms. The van der Waals surface area contributed by atoms with Gasteiger partial charge in [-0.05, 0) is 44.5 Å². The van der Waals surface area contributed by atoms with Crippen LogP contribution < -0.4 is 16.0 Å². The molecule has 8 nitrogen and oxygen atoms in total. The molecular formula is C27H33ClN4O4. The number of rotatable bonds is 11. The van der Waals surface area contributed by atoms with Crippen molar-refractivity contribution >= 4 is 40.1 Å². The quantitative estimate of drug-likeness (QED) is 0.124. The van der Waals surface area contributed by atoms with Crippen molar-refractivity contribution < 1.29 is 19.1 Å². The van der Waals surface area contributed by atoms with Crippen molar-refractivity contribution in [2.75, 3.05) is 13.2 Å². The Morgan fingerprint density at radius 1 is 1.28 bits per heavy atom. The molecule has 1 aromatic heterocycles. The monoisotopic (exact) mass is 512 g/mol. The Morgan fingerprint density at radius 2 is 2.06 bits per heavy atom. The number of ether oxygens (including phenoxy) is 2. The summed E-state index contributed by atoms with van der Waals surface area (Å²) < 4.78 is 12.7. The number of hydrogen-bond acceptors (Lipinski definition) is 7. The SMILES string of the molecule is C=C(/N=C(\ON)c1ccc(OC(C)C)c(Cl)c1)c1cccc2c(CNCCC(=O)OCC)cn(C)c12. The van der Waals surface area contributed by atoms with E-state index >= 15 is 0 Å². The summed E-state index contributed by atoms with van der Waals surface area (Å²) in [5.74, 6) is 6.11. The lowest BCUT2D eigenvalue weighted by Gasteiger charge is -2.13. The lowest BCUT2D eigenvalue weighted by atomic mass is 10.1. The number of aromatic nitrogens is 1. The van der Waals surface area contributed by atoms with Crippen LogP contribution in [0, 0.1) is 0 Å². The van der Waals surface area contributed by atoms with E-state index in [9.17, 15) is 4.79 Å². The van der Waals surface area contributed by atoms with Crippen molar-refractivity contribution in [3.8, 4) is 5.75 Å². The number of halogens is 1. The third-order valence-electron chi connectivity index (χ3n) is 5.41. The Morgan fingerprint density at radius 3 is 2.72 bits per heavy atom. The molecule has 0 bridgehead atoms. The number of nitrogens with two attached hydrogens (primary N) is 1. The maximum absolute atomic E-state index is 11.6. The summed E-state index contributed by atoms with van der Waals surface area (Å²) in [5.41, 5.74) is 4.00. The van der Waals surface area contributed by atoms with Crippen LogP contribution in [0.2, 0.25) is 5.02 Å². The highest BCUT2D eigenvalue weighted by Gasteiger charge is 2.15. The highest BCUT2D eigenvalue weighted by Crippen LogP contribution is 2.30. The maximum atomic E-state index is 11.6. The van der Waals surface area contributed by atoms with E-state index in [1.165, 1.54) is 0 Å². The van der Waals surface area contributed by atoms with Gasteiger partial charge in [-0.15, -0.1) is 0 Å². The molecule has 0 aliphatic heterocycles. The second-order valence-electron chi connectivity index (χ2n) is 8.49. The van der Waals surface area contributed by atoms with Gasteiger partial charge in [-0.1, -0.05) is 36.4 Å². The van der Waals surface area contributed by atoms with Crippen molar-refractivity contribution in [2.45, 2.75) is 39.8 Å². The van der Waals surface area contributed by atoms with Gasteiger partial charge in [0.1, 0.15) is 5.75 Å². The van der Waals surface area contributed by atoms with E-state index in [2.05, 4.69) is 23.1 Å². The third-order valence-corrected chi connectivity index (χ3v) is 5.71. The van der Waals surface area contributed by atoms with Crippen LogP contribution in [-0.2, 0) is 28.0 Å². The van der Waals surface area contributed by atoms with Crippen LogP contribution in [0.15, 0.2) is 54.2 Å². The molecule has 36 heavy (non-hydrogen) atoms. The summed E-state index contributed by atoms with van der Waals surface area (Å²) in [5, 5.41) is 4.80. The first-order chi connectivity index (χ1) is 17.2. The molecule has 0 aliphatic carbocycles. The minimum Gasteiger partial charge on any atom is -0.489 e. The highest BCUT2D eigenvalue weighted by atomic mass is 35.5. The number of benzene rings is 2. The number of para-hydroxylation sites is 1. The van der Waals surface area contributed by atoms with Crippen molar-refractivity contribution in [1.82, 2.24) is 9.88 Å². The summed E-state index contributed by atoms with van der Waals surface area (Å²) in [4.78, 5) is 21.2. The van der Waals surface area contributed by atoms with Crippen LogP contribution in [0.5, 0.6) is 5.75 Å². The molecule has 2 aromatic carbocycles. The molecule has 0 unspecified atom stereocenters. The fourth-order valence-electron chi connectivity index (χ4n) is 3.90. The largest absolute Gasteiger partial charge is 0.489 e. The molecule has 0 atom stereocenters. The molecule has 0 aliphatic rings. The van der Waals surface area contributed by atoms with E-state index in [1.54, 1.807) is 25.1 Å². The molecule has 0 saturated carbocycles. The van der Waals surface area contributed by atoms with Gasteiger partial charge in [0.15, 0.2) is 0 Å². The number of carbonyl (C=O) groups is 1. The standard InChI is InChI=1S/C27H33ClN4O4/c1-6-34-25(33)12-13-30-15-20-16-32(5)26-21(8-7-9-22(20)26)18(4)31-27(36-29)19-10-11-24(23(28)14-19)35-17(2)3/h7-11,14,16-17,30H,4,6,12-13,15,29H2,1-3,5H3/b31-27-. The lowest BCUT2D eigenvalue weighted by molar-refractivity contribution is -0.142. The molecule has 0 fully saturated rings. The molecule has 3 rings (SSSR count). The number of aliphatic imine (C=N–C) groups is 1. The highest BCUT2D eigenvalue weighted by molar-refractivity contribution is 6.32. The fourth-order valence-corrected chi connectivity index (χ4v) is 4.12. The van der Waals surface area contributed by atoms with Gasteiger partial charge < -0.3 is 24.2 Å². The minimum atomic E-state index is -0.208. The smallest absolute Gasteiger partial charge is 0.307 e. The van der Waals surface area contributed by atoms with Crippen LogP contribution >= 0.6 is 11.6 Å². The van der Waals surface area contributed by atoms with E-state index in [4.69, 9.17) is 31.8 Å². The summed E-state index contributed by atoms with van der Waals surface area (Å²) >= 11 is 6.38. The number of hydrogen-bond donors (Lipinski definition) is 2. The second-order valence-corrected chi connectivity index (χ2v) is 8.90. The molecular weight excluding hydrogens is 480 g/mol. The number of fused-ring (bicyclic) bond motifs is 1. The van der Waals surface area contributed by atoms with Crippen molar-refractivity contribution in [3.63, 3.8) is 0 Å². The predicted molar refractivity (Wildman–Crippen MR) is 144 cm³/mol. The van der Waals surface area contributed by atoms with Crippen LogP contribution in [0.1, 0.15) is 43.9 Å². The Bertz CT molecular complexity index is 1270. The van der Waals surface area contributed by atoms with Gasteiger partial charge in [-0.25, -0.2) is 4.99 Å². The van der Waals surface area contributed by atoms with Gasteiger partial charge in [0.05, 0.1) is 35.4 Å². The zero-order chi connectivity index (χ0) is 26.2. The maximum Gasteiger partial charge on any atom is 0.307 e. The first kappa shape index (κ1) is 27.3. The summed E-state index contributed by atoms with van der Waals surface area (Å²) in [7, 11) is 1.97. The Hall–Kier alpha value is -3.33. The topological polar surface area (TPSA) is 100 Å². The number of aryl methyl sites for hydroxylation is 1. The first-order valence-electron chi connectivity index (χ1n) is 11.8. The zero-order valence-electron chi connectivity index (χ0n) is 21.1. The van der Waals surface area contributed by atoms with E-state index in [-0.39, 0.29) is 18.0 Å². The zero-order valence-corrected chi connectivity index (χ0v) is 21.9. The van der Waals surface area contributed by atoms with Gasteiger partial charge in [-0.3, -0.25) is 4.79 Å². The second kappa shape index (κ2) is 12.6. The molecule has 3 N–H and O–H groups in total. The van der Waals surface area contributed by atoms with Gasteiger partial charge in [-0.2, -0.15) is 5.90 Å². The van der Waals surface area contributed by atoms with E-state index < -0.39 is 0 Å². The average molecular weight is 513 g/mol. The third kappa shape index (κ3) is 6.66. The van der Waals surface area contributed by atoms with Gasteiger partial charge in [0.2, 0.25) is 5.90 Å². The minimum absolute atomic E-state index is 0.00421. The van der Waals surface area contributed by atoms with Crippen LogP contribution in [0.25, 0.3) is 16.6 Å². The normalized spacial score (nSPS) is 11.7. The number of esters is 1. The molecule has 9 heteroatoms. The Kier molecular flexibility index (Phi) is 9.52. The van der Waals surface area contributed by atoms with Gasteiger partial charge >= 0.3 is 5.97 Å². The van der Waals surface area contributed by atoms with Crippen LogP contribution in [0.3, 0.4) is 0 Å². The van der Waals surface area contributed by atoms with E-state index in [0.717, 1.165) is 22.0 Å².